The van der Waals surface area contributed by atoms with Gasteiger partial charge in [-0.15, -0.1) is 0 Å². The molecule has 0 atom stereocenters. The minimum absolute atomic E-state index is 0.833. The Labute approximate surface area is 67.0 Å². The Morgan fingerprint density at radius 1 is 1.18 bits per heavy atom. The zero-order valence-electron chi connectivity index (χ0n) is 6.89. The zero-order valence-corrected chi connectivity index (χ0v) is 6.89. The van der Waals surface area contributed by atoms with E-state index in [0.717, 1.165) is 20.0 Å². The highest BCUT2D eigenvalue weighted by Gasteiger charge is 1.92. The molecule has 0 spiro atoms. The topological polar surface area (TPSA) is 61.4 Å². The second-order valence-corrected chi connectivity index (χ2v) is 2.37. The molecular formula is C7H16N2O2. The van der Waals surface area contributed by atoms with Crippen LogP contribution in [-0.4, -0.2) is 37.3 Å². The first-order valence-corrected chi connectivity index (χ1v) is 3.84. The Kier molecular flexibility index (Phi) is 7.08. The van der Waals surface area contributed by atoms with Crippen LogP contribution in [0.25, 0.3) is 0 Å². The molecule has 1 rings (SSSR count). The second kappa shape index (κ2) is 7.50. The maximum Gasteiger partial charge on any atom is 0.300 e. The average Bonchev–Trinajstić information content (AvgIpc) is 2.13. The molecule has 1 fully saturated rings. The molecule has 1 heterocycles. The van der Waals surface area contributed by atoms with E-state index in [1.54, 1.807) is 0 Å². The fourth-order valence-corrected chi connectivity index (χ4v) is 0.765. The van der Waals surface area contributed by atoms with E-state index in [0.29, 0.717) is 0 Å². The predicted molar refractivity (Wildman–Crippen MR) is 43.7 cm³/mol. The van der Waals surface area contributed by atoms with Gasteiger partial charge < -0.3 is 15.7 Å². The normalized spacial score (nSPS) is 17.5. The lowest BCUT2D eigenvalue weighted by Crippen LogP contribution is -2.21. The predicted octanol–water partition coefficient (Wildman–Crippen LogP) is -0.340. The van der Waals surface area contributed by atoms with Gasteiger partial charge in [0.2, 0.25) is 0 Å². The van der Waals surface area contributed by atoms with Gasteiger partial charge in [0.25, 0.3) is 5.97 Å². The average molecular weight is 160 g/mol. The van der Waals surface area contributed by atoms with Crippen molar-refractivity contribution in [1.82, 2.24) is 10.6 Å². The molecule has 0 aliphatic carbocycles. The first-order chi connectivity index (χ1) is 5.23. The Balaban J connectivity index is 0.000000218. The van der Waals surface area contributed by atoms with Crippen molar-refractivity contribution in [2.75, 3.05) is 26.2 Å². The van der Waals surface area contributed by atoms with Crippen LogP contribution < -0.4 is 10.6 Å². The molecule has 11 heavy (non-hydrogen) atoms. The van der Waals surface area contributed by atoms with Gasteiger partial charge in [-0.05, 0) is 19.5 Å². The summed E-state index contributed by atoms with van der Waals surface area (Å²) in [6.07, 6.45) is 1.28. The lowest BCUT2D eigenvalue weighted by molar-refractivity contribution is -0.134. The number of rotatable bonds is 0. The summed E-state index contributed by atoms with van der Waals surface area (Å²) < 4.78 is 0. The minimum Gasteiger partial charge on any atom is -0.481 e. The molecule has 0 aromatic heterocycles. The largest absolute Gasteiger partial charge is 0.481 e. The van der Waals surface area contributed by atoms with Gasteiger partial charge in [0.1, 0.15) is 0 Å². The number of nitrogens with one attached hydrogen (secondary N) is 2. The zero-order chi connectivity index (χ0) is 8.53. The van der Waals surface area contributed by atoms with Crippen molar-refractivity contribution in [3.8, 4) is 0 Å². The number of hydrogen-bond donors (Lipinski definition) is 3. The quantitative estimate of drug-likeness (QED) is 0.453. The standard InChI is InChI=1S/C5H12N2.C2H4O2/c1-2-6-4-5-7-3-1;1-2(3)4/h6-7H,1-5H2;1H3,(H,3,4). The van der Waals surface area contributed by atoms with E-state index >= 15 is 0 Å². The van der Waals surface area contributed by atoms with Crippen LogP contribution in [0.4, 0.5) is 0 Å². The summed E-state index contributed by atoms with van der Waals surface area (Å²) in [5.74, 6) is -0.833. The summed E-state index contributed by atoms with van der Waals surface area (Å²) in [5.41, 5.74) is 0. The minimum atomic E-state index is -0.833. The van der Waals surface area contributed by atoms with Crippen LogP contribution in [0.3, 0.4) is 0 Å². The van der Waals surface area contributed by atoms with Crippen LogP contribution in [0.5, 0.6) is 0 Å². The van der Waals surface area contributed by atoms with Gasteiger partial charge in [-0.25, -0.2) is 0 Å². The van der Waals surface area contributed by atoms with E-state index in [1.165, 1.54) is 19.5 Å². The maximum atomic E-state index is 9.00. The lowest BCUT2D eigenvalue weighted by atomic mass is 10.4. The highest BCUT2D eigenvalue weighted by Crippen LogP contribution is 1.75. The number of carboxylic acids is 1. The molecule has 66 valence electrons. The van der Waals surface area contributed by atoms with Gasteiger partial charge in [0.15, 0.2) is 0 Å². The molecule has 0 saturated carbocycles. The van der Waals surface area contributed by atoms with Gasteiger partial charge in [-0.1, -0.05) is 0 Å². The summed E-state index contributed by atoms with van der Waals surface area (Å²) >= 11 is 0. The van der Waals surface area contributed by atoms with Crippen molar-refractivity contribution in [2.24, 2.45) is 0 Å². The first-order valence-electron chi connectivity index (χ1n) is 3.84. The third-order valence-corrected chi connectivity index (χ3v) is 1.19. The maximum absolute atomic E-state index is 9.00. The van der Waals surface area contributed by atoms with Crippen LogP contribution in [0, 0.1) is 0 Å². The molecule has 1 saturated heterocycles. The van der Waals surface area contributed by atoms with E-state index < -0.39 is 5.97 Å². The van der Waals surface area contributed by atoms with Crippen molar-refractivity contribution in [1.29, 1.82) is 0 Å². The second-order valence-electron chi connectivity index (χ2n) is 2.37. The van der Waals surface area contributed by atoms with Gasteiger partial charge >= 0.3 is 0 Å². The summed E-state index contributed by atoms with van der Waals surface area (Å²) in [6.45, 7) is 5.74. The number of carbonyl (C=O) groups is 1. The van der Waals surface area contributed by atoms with Gasteiger partial charge in [0.05, 0.1) is 0 Å². The third kappa shape index (κ3) is 12.6. The molecule has 3 N–H and O–H groups in total. The first kappa shape index (κ1) is 10.4. The smallest absolute Gasteiger partial charge is 0.300 e. The Bertz CT molecular complexity index is 83.0. The van der Waals surface area contributed by atoms with Crippen LogP contribution in [0.2, 0.25) is 0 Å². The fraction of sp³-hybridized carbons (Fsp3) is 0.857. The van der Waals surface area contributed by atoms with Crippen molar-refractivity contribution >= 4 is 5.97 Å². The highest BCUT2D eigenvalue weighted by molar-refractivity contribution is 5.62. The Morgan fingerprint density at radius 3 is 1.91 bits per heavy atom. The van der Waals surface area contributed by atoms with E-state index in [-0.39, 0.29) is 0 Å². The lowest BCUT2D eigenvalue weighted by Gasteiger charge is -1.92. The van der Waals surface area contributed by atoms with Crippen LogP contribution >= 0.6 is 0 Å². The molecular weight excluding hydrogens is 144 g/mol. The number of aliphatic carboxylic acids is 1. The highest BCUT2D eigenvalue weighted by atomic mass is 16.4. The van der Waals surface area contributed by atoms with E-state index in [9.17, 15) is 0 Å². The number of hydrogen-bond acceptors (Lipinski definition) is 3. The van der Waals surface area contributed by atoms with Crippen molar-refractivity contribution in [2.45, 2.75) is 13.3 Å². The Morgan fingerprint density at radius 2 is 1.55 bits per heavy atom. The van der Waals surface area contributed by atoms with Crippen molar-refractivity contribution in [3.05, 3.63) is 0 Å². The van der Waals surface area contributed by atoms with Gasteiger partial charge in [-0.2, -0.15) is 0 Å². The Hall–Kier alpha value is -0.610. The van der Waals surface area contributed by atoms with E-state index in [1.807, 2.05) is 0 Å². The molecule has 4 nitrogen and oxygen atoms in total. The van der Waals surface area contributed by atoms with Crippen molar-refractivity contribution in [3.63, 3.8) is 0 Å². The SMILES string of the molecule is C1CNCCNC1.CC(=O)O. The molecule has 0 amide bonds. The number of carboxylic acid groups (broad SMARTS) is 1. The van der Waals surface area contributed by atoms with Crippen molar-refractivity contribution < 1.29 is 9.90 Å². The molecule has 1 aliphatic rings. The van der Waals surface area contributed by atoms with Crippen LogP contribution in [0.15, 0.2) is 0 Å². The molecule has 0 bridgehead atoms. The van der Waals surface area contributed by atoms with E-state index in [4.69, 9.17) is 9.90 Å². The van der Waals surface area contributed by atoms with Crippen LogP contribution in [-0.2, 0) is 4.79 Å². The summed E-state index contributed by atoms with van der Waals surface area (Å²) in [6, 6.07) is 0. The van der Waals surface area contributed by atoms with Crippen LogP contribution in [0.1, 0.15) is 13.3 Å². The van der Waals surface area contributed by atoms with Gasteiger partial charge in [-0.3, -0.25) is 4.79 Å². The molecule has 0 aromatic carbocycles. The molecule has 0 radical (unpaired) electrons. The summed E-state index contributed by atoms with van der Waals surface area (Å²) in [7, 11) is 0. The fourth-order valence-electron chi connectivity index (χ4n) is 0.765. The van der Waals surface area contributed by atoms with E-state index in [2.05, 4.69) is 10.6 Å². The monoisotopic (exact) mass is 160 g/mol. The molecule has 1 aliphatic heterocycles. The molecule has 0 aromatic rings. The third-order valence-electron chi connectivity index (χ3n) is 1.19. The molecule has 4 heteroatoms. The summed E-state index contributed by atoms with van der Waals surface area (Å²) in [5, 5.41) is 14.0. The summed E-state index contributed by atoms with van der Waals surface area (Å²) in [4.78, 5) is 9.00. The molecule has 0 unspecified atom stereocenters. The van der Waals surface area contributed by atoms with Gasteiger partial charge in [0, 0.05) is 20.0 Å².